The van der Waals surface area contributed by atoms with Gasteiger partial charge in [0.2, 0.25) is 5.91 Å². The second-order valence-corrected chi connectivity index (χ2v) is 4.81. The maximum atomic E-state index is 11.8. The molecular weight excluding hydrogens is 260 g/mol. The zero-order valence-electron chi connectivity index (χ0n) is 11.4. The molecule has 0 aromatic heterocycles. The smallest absolute Gasteiger partial charge is 0.248 e. The molecule has 104 valence electrons. The van der Waals surface area contributed by atoms with Crippen molar-refractivity contribution in [1.29, 1.82) is 0 Å². The molecule has 0 saturated heterocycles. The molecule has 0 saturated carbocycles. The number of nitrogens with zero attached hydrogens (tertiary/aromatic N) is 1. The van der Waals surface area contributed by atoms with Crippen molar-refractivity contribution in [2.45, 2.75) is 19.9 Å². The second kappa shape index (κ2) is 7.86. The summed E-state index contributed by atoms with van der Waals surface area (Å²) in [6.45, 7) is 3.26. The lowest BCUT2D eigenvalue weighted by Gasteiger charge is -2.17. The molecule has 0 spiro atoms. The van der Waals surface area contributed by atoms with Gasteiger partial charge in [0.05, 0.1) is 0 Å². The fourth-order valence-electron chi connectivity index (χ4n) is 1.60. The summed E-state index contributed by atoms with van der Waals surface area (Å²) in [5.41, 5.74) is 7.40. The maximum absolute atomic E-state index is 11.8. The molecular formula is C14H20N2O2S. The lowest BCUT2D eigenvalue weighted by Crippen LogP contribution is -2.30. The topological polar surface area (TPSA) is 55.6 Å². The van der Waals surface area contributed by atoms with Crippen molar-refractivity contribution in [3.63, 3.8) is 0 Å². The summed E-state index contributed by atoms with van der Waals surface area (Å²) in [4.78, 5) is 13.8. The molecule has 0 radical (unpaired) electrons. The van der Waals surface area contributed by atoms with Gasteiger partial charge in [0.15, 0.2) is 0 Å². The first-order valence-electron chi connectivity index (χ1n) is 6.25. The third-order valence-corrected chi connectivity index (χ3v) is 2.87. The molecule has 0 aliphatic carbocycles. The van der Waals surface area contributed by atoms with Gasteiger partial charge in [0, 0.05) is 25.8 Å². The number of likely N-dealkylation sites (N-methyl/N-ethyl adjacent to an activating group) is 1. The maximum Gasteiger partial charge on any atom is 0.248 e. The monoisotopic (exact) mass is 280 g/mol. The van der Waals surface area contributed by atoms with E-state index in [2.05, 4.69) is 0 Å². The van der Waals surface area contributed by atoms with Crippen LogP contribution < -0.4 is 5.73 Å². The molecule has 1 aromatic rings. The van der Waals surface area contributed by atoms with E-state index < -0.39 is 0 Å². The molecule has 0 unspecified atom stereocenters. The van der Waals surface area contributed by atoms with Gasteiger partial charge in [-0.1, -0.05) is 37.3 Å². The third kappa shape index (κ3) is 5.36. The molecule has 0 atom stereocenters. The van der Waals surface area contributed by atoms with Gasteiger partial charge in [-0.15, -0.1) is 0 Å². The van der Waals surface area contributed by atoms with E-state index in [9.17, 15) is 4.79 Å². The van der Waals surface area contributed by atoms with E-state index in [-0.39, 0.29) is 12.5 Å². The number of rotatable bonds is 7. The number of ether oxygens (including phenoxy) is 1. The van der Waals surface area contributed by atoms with Crippen molar-refractivity contribution >= 4 is 23.1 Å². The number of carbonyl (C=O) groups is 1. The Kier molecular flexibility index (Phi) is 6.45. The number of amides is 1. The normalized spacial score (nSPS) is 10.2. The van der Waals surface area contributed by atoms with Gasteiger partial charge in [-0.3, -0.25) is 4.79 Å². The summed E-state index contributed by atoms with van der Waals surface area (Å²) in [7, 11) is 1.76. The van der Waals surface area contributed by atoms with Gasteiger partial charge in [-0.2, -0.15) is 0 Å². The van der Waals surface area contributed by atoms with Crippen LogP contribution in [0.1, 0.15) is 24.5 Å². The Morgan fingerprint density at radius 3 is 2.84 bits per heavy atom. The minimum Gasteiger partial charge on any atom is -0.389 e. The van der Waals surface area contributed by atoms with Crippen molar-refractivity contribution in [3.05, 3.63) is 35.4 Å². The van der Waals surface area contributed by atoms with Crippen molar-refractivity contribution < 1.29 is 9.53 Å². The van der Waals surface area contributed by atoms with Gasteiger partial charge >= 0.3 is 0 Å². The lowest BCUT2D eigenvalue weighted by molar-refractivity contribution is -0.135. The van der Waals surface area contributed by atoms with Crippen molar-refractivity contribution in [2.24, 2.45) is 5.73 Å². The summed E-state index contributed by atoms with van der Waals surface area (Å²) in [6.07, 6.45) is 0.910. The molecule has 0 fully saturated rings. The summed E-state index contributed by atoms with van der Waals surface area (Å²) in [6, 6.07) is 7.59. The molecule has 19 heavy (non-hydrogen) atoms. The first kappa shape index (κ1) is 15.6. The van der Waals surface area contributed by atoms with Crippen LogP contribution in [0.3, 0.4) is 0 Å². The van der Waals surface area contributed by atoms with Crippen LogP contribution >= 0.6 is 12.2 Å². The Morgan fingerprint density at radius 1 is 1.47 bits per heavy atom. The van der Waals surface area contributed by atoms with Crippen LogP contribution in [-0.2, 0) is 16.1 Å². The molecule has 1 amide bonds. The summed E-state index contributed by atoms with van der Waals surface area (Å²) >= 11 is 4.93. The molecule has 5 heteroatoms. The number of thiocarbonyl (C=S) groups is 1. The first-order chi connectivity index (χ1) is 9.04. The summed E-state index contributed by atoms with van der Waals surface area (Å²) < 4.78 is 5.23. The van der Waals surface area contributed by atoms with E-state index in [0.29, 0.717) is 18.1 Å². The average molecular weight is 280 g/mol. The van der Waals surface area contributed by atoms with Crippen LogP contribution in [0.2, 0.25) is 0 Å². The highest BCUT2D eigenvalue weighted by Crippen LogP contribution is 2.08. The molecule has 0 heterocycles. The molecule has 1 aromatic carbocycles. The minimum absolute atomic E-state index is 0.0332. The highest BCUT2D eigenvalue weighted by Gasteiger charge is 2.09. The third-order valence-electron chi connectivity index (χ3n) is 2.63. The van der Waals surface area contributed by atoms with E-state index in [1.54, 1.807) is 11.9 Å². The number of carbonyl (C=O) groups excluding carboxylic acids is 1. The zero-order valence-corrected chi connectivity index (χ0v) is 12.2. The van der Waals surface area contributed by atoms with Crippen LogP contribution in [0.25, 0.3) is 0 Å². The fourth-order valence-corrected chi connectivity index (χ4v) is 1.73. The van der Waals surface area contributed by atoms with E-state index >= 15 is 0 Å². The Labute approximate surface area is 119 Å². The minimum atomic E-state index is -0.0332. The number of nitrogens with two attached hydrogens (primary N) is 1. The number of hydrogen-bond donors (Lipinski definition) is 1. The van der Waals surface area contributed by atoms with Crippen LogP contribution in [0.4, 0.5) is 0 Å². The fraction of sp³-hybridized carbons (Fsp3) is 0.429. The highest BCUT2D eigenvalue weighted by atomic mass is 32.1. The highest BCUT2D eigenvalue weighted by molar-refractivity contribution is 7.80. The van der Waals surface area contributed by atoms with Gasteiger partial charge < -0.3 is 15.4 Å². The summed E-state index contributed by atoms with van der Waals surface area (Å²) in [5.74, 6) is -0.0332. The second-order valence-electron chi connectivity index (χ2n) is 4.37. The average Bonchev–Trinajstić information content (AvgIpc) is 2.39. The molecule has 0 bridgehead atoms. The Morgan fingerprint density at radius 2 is 2.21 bits per heavy atom. The molecule has 0 aliphatic heterocycles. The van der Waals surface area contributed by atoms with Crippen LogP contribution in [0, 0.1) is 0 Å². The van der Waals surface area contributed by atoms with E-state index in [1.165, 1.54) is 0 Å². The Bertz CT molecular complexity index is 449. The SMILES string of the molecule is CCCOCC(=O)N(C)Cc1cccc(C(N)=S)c1. The molecule has 0 aliphatic rings. The molecule has 1 rings (SSSR count). The number of hydrogen-bond acceptors (Lipinski definition) is 3. The largest absolute Gasteiger partial charge is 0.389 e. The Hall–Kier alpha value is -1.46. The number of benzene rings is 1. The van der Waals surface area contributed by atoms with Crippen molar-refractivity contribution in [3.8, 4) is 0 Å². The quantitative estimate of drug-likeness (QED) is 0.610. The van der Waals surface area contributed by atoms with Gasteiger partial charge in [-0.05, 0) is 18.1 Å². The predicted molar refractivity (Wildman–Crippen MR) is 79.9 cm³/mol. The van der Waals surface area contributed by atoms with Gasteiger partial charge in [0.1, 0.15) is 11.6 Å². The van der Waals surface area contributed by atoms with Crippen LogP contribution in [0.15, 0.2) is 24.3 Å². The summed E-state index contributed by atoms with van der Waals surface area (Å²) in [5, 5.41) is 0. The molecule has 2 N–H and O–H groups in total. The van der Waals surface area contributed by atoms with Crippen molar-refractivity contribution in [1.82, 2.24) is 4.90 Å². The standard InChI is InChI=1S/C14H20N2O2S/c1-3-7-18-10-13(17)16(2)9-11-5-4-6-12(8-11)14(15)19/h4-6,8H,3,7,9-10H2,1-2H3,(H2,15,19). The van der Waals surface area contributed by atoms with Gasteiger partial charge in [-0.25, -0.2) is 0 Å². The van der Waals surface area contributed by atoms with E-state index in [1.807, 2.05) is 31.2 Å². The predicted octanol–water partition coefficient (Wildman–Crippen LogP) is 1.71. The van der Waals surface area contributed by atoms with Crippen molar-refractivity contribution in [2.75, 3.05) is 20.3 Å². The van der Waals surface area contributed by atoms with Crippen LogP contribution in [0.5, 0.6) is 0 Å². The lowest BCUT2D eigenvalue weighted by atomic mass is 10.1. The zero-order chi connectivity index (χ0) is 14.3. The van der Waals surface area contributed by atoms with Gasteiger partial charge in [0.25, 0.3) is 0 Å². The first-order valence-corrected chi connectivity index (χ1v) is 6.66. The van der Waals surface area contributed by atoms with Crippen LogP contribution in [-0.4, -0.2) is 36.1 Å². The van der Waals surface area contributed by atoms with E-state index in [0.717, 1.165) is 17.5 Å². The molecule has 4 nitrogen and oxygen atoms in total. The Balaban J connectivity index is 2.56. The van der Waals surface area contributed by atoms with E-state index in [4.69, 9.17) is 22.7 Å².